The van der Waals surface area contributed by atoms with E-state index in [1.165, 1.54) is 5.56 Å². The number of aromatic nitrogens is 2. The fourth-order valence-corrected chi connectivity index (χ4v) is 3.23. The zero-order valence-corrected chi connectivity index (χ0v) is 13.8. The molecule has 0 spiro atoms. The Kier molecular flexibility index (Phi) is 4.22. The third-order valence-electron chi connectivity index (χ3n) is 4.75. The van der Waals surface area contributed by atoms with Crippen molar-refractivity contribution in [1.29, 1.82) is 0 Å². The molecule has 0 amide bonds. The van der Waals surface area contributed by atoms with Crippen LogP contribution in [0.5, 0.6) is 0 Å². The monoisotopic (exact) mass is 312 g/mol. The molecule has 0 radical (unpaired) electrons. The summed E-state index contributed by atoms with van der Waals surface area (Å²) in [6.45, 7) is 5.53. The molecule has 2 heterocycles. The lowest BCUT2D eigenvalue weighted by Crippen LogP contribution is -2.46. The van der Waals surface area contributed by atoms with Crippen LogP contribution in [0.1, 0.15) is 29.7 Å². The first-order valence-electron chi connectivity index (χ1n) is 8.09. The average Bonchev–Trinajstić information content (AvgIpc) is 2.52. The van der Waals surface area contributed by atoms with Gasteiger partial charge in [-0.2, -0.15) is 4.98 Å². The zero-order valence-electron chi connectivity index (χ0n) is 13.8. The fourth-order valence-electron chi connectivity index (χ4n) is 3.23. The molecule has 1 saturated heterocycles. The van der Waals surface area contributed by atoms with E-state index < -0.39 is 5.60 Å². The van der Waals surface area contributed by atoms with Crippen molar-refractivity contribution in [1.82, 2.24) is 9.97 Å². The van der Waals surface area contributed by atoms with Gasteiger partial charge in [0.05, 0.1) is 5.60 Å². The molecule has 3 N–H and O–H groups in total. The van der Waals surface area contributed by atoms with E-state index in [0.717, 1.165) is 43.0 Å². The lowest BCUT2D eigenvalue weighted by Gasteiger charge is -2.39. The Morgan fingerprint density at radius 1 is 1.13 bits per heavy atom. The van der Waals surface area contributed by atoms with Crippen LogP contribution in [0, 0.1) is 13.8 Å². The minimum Gasteiger partial charge on any atom is -0.389 e. The maximum absolute atomic E-state index is 10.9. The van der Waals surface area contributed by atoms with E-state index in [1.54, 1.807) is 0 Å². The second-order valence-corrected chi connectivity index (χ2v) is 6.49. The highest BCUT2D eigenvalue weighted by molar-refractivity contribution is 5.51. The molecule has 0 aliphatic carbocycles. The lowest BCUT2D eigenvalue weighted by atomic mass is 9.85. The molecular weight excluding hydrogens is 288 g/mol. The molecule has 1 fully saturated rings. The number of rotatable bonds is 3. The fraction of sp³-hybridized carbons (Fsp3) is 0.444. The van der Waals surface area contributed by atoms with Crippen molar-refractivity contribution in [3.05, 3.63) is 47.2 Å². The third kappa shape index (κ3) is 3.45. The van der Waals surface area contributed by atoms with Crippen molar-refractivity contribution < 1.29 is 5.11 Å². The van der Waals surface area contributed by atoms with Gasteiger partial charge in [0, 0.05) is 30.8 Å². The number of aryl methyl sites for hydroxylation is 1. The van der Waals surface area contributed by atoms with Crippen molar-refractivity contribution in [3.8, 4) is 0 Å². The van der Waals surface area contributed by atoms with Gasteiger partial charge in [-0.25, -0.2) is 4.98 Å². The molecule has 5 heteroatoms. The predicted octanol–water partition coefficient (Wildman–Crippen LogP) is 2.25. The Hall–Kier alpha value is -2.14. The van der Waals surface area contributed by atoms with Crippen LogP contribution in [-0.2, 0) is 6.42 Å². The average molecular weight is 312 g/mol. The number of nitrogens with two attached hydrogens (primary N) is 1. The normalized spacial score (nSPS) is 17.3. The first kappa shape index (κ1) is 15.7. The first-order valence-corrected chi connectivity index (χ1v) is 8.09. The summed E-state index contributed by atoms with van der Waals surface area (Å²) in [7, 11) is 0. The third-order valence-corrected chi connectivity index (χ3v) is 4.75. The molecule has 0 atom stereocenters. The molecule has 3 rings (SSSR count). The highest BCUT2D eigenvalue weighted by atomic mass is 16.3. The molecule has 23 heavy (non-hydrogen) atoms. The zero-order chi connectivity index (χ0) is 16.4. The summed E-state index contributed by atoms with van der Waals surface area (Å²) in [4.78, 5) is 10.8. The van der Waals surface area contributed by atoms with E-state index in [4.69, 9.17) is 5.73 Å². The van der Waals surface area contributed by atoms with E-state index in [0.29, 0.717) is 12.4 Å². The van der Waals surface area contributed by atoms with Gasteiger partial charge >= 0.3 is 0 Å². The van der Waals surface area contributed by atoms with E-state index in [2.05, 4.69) is 27.0 Å². The molecule has 0 bridgehead atoms. The van der Waals surface area contributed by atoms with Gasteiger partial charge in [-0.1, -0.05) is 30.3 Å². The number of anilines is 2. The topological polar surface area (TPSA) is 75.3 Å². The van der Waals surface area contributed by atoms with Crippen LogP contribution in [0.15, 0.2) is 30.3 Å². The molecule has 1 aliphatic heterocycles. The Morgan fingerprint density at radius 2 is 1.78 bits per heavy atom. The standard InChI is InChI=1S/C18H24N4O/c1-13-14(2)20-17(19)21-16(13)22-10-8-18(23,9-11-22)12-15-6-4-3-5-7-15/h3-7,23H,8-12H2,1-2H3,(H2,19,20,21). The van der Waals surface area contributed by atoms with Gasteiger partial charge in [0.2, 0.25) is 5.95 Å². The molecule has 0 saturated carbocycles. The molecular formula is C18H24N4O. The minimum atomic E-state index is -0.640. The molecule has 1 aliphatic rings. The Labute approximate surface area is 137 Å². The SMILES string of the molecule is Cc1nc(N)nc(N2CCC(O)(Cc3ccccc3)CC2)c1C. The van der Waals surface area contributed by atoms with Crippen LogP contribution >= 0.6 is 0 Å². The van der Waals surface area contributed by atoms with Crippen molar-refractivity contribution in [3.63, 3.8) is 0 Å². The summed E-state index contributed by atoms with van der Waals surface area (Å²) in [5, 5.41) is 10.9. The highest BCUT2D eigenvalue weighted by Crippen LogP contribution is 2.30. The van der Waals surface area contributed by atoms with Crippen molar-refractivity contribution in [2.24, 2.45) is 0 Å². The van der Waals surface area contributed by atoms with Crippen LogP contribution in [-0.4, -0.2) is 33.8 Å². The summed E-state index contributed by atoms with van der Waals surface area (Å²) in [6.07, 6.45) is 2.15. The van der Waals surface area contributed by atoms with Gasteiger partial charge in [0.25, 0.3) is 0 Å². The Balaban J connectivity index is 1.71. The highest BCUT2D eigenvalue weighted by Gasteiger charge is 2.33. The summed E-state index contributed by atoms with van der Waals surface area (Å²) >= 11 is 0. The molecule has 0 unspecified atom stereocenters. The maximum atomic E-state index is 10.9. The second kappa shape index (κ2) is 6.16. The maximum Gasteiger partial charge on any atom is 0.222 e. The number of nitrogen functional groups attached to an aromatic ring is 1. The van der Waals surface area contributed by atoms with Crippen LogP contribution < -0.4 is 10.6 Å². The van der Waals surface area contributed by atoms with Gasteiger partial charge in [0.15, 0.2) is 0 Å². The van der Waals surface area contributed by atoms with Crippen molar-refractivity contribution in [2.75, 3.05) is 23.7 Å². The van der Waals surface area contributed by atoms with Crippen LogP contribution in [0.25, 0.3) is 0 Å². The smallest absolute Gasteiger partial charge is 0.222 e. The summed E-state index contributed by atoms with van der Waals surface area (Å²) < 4.78 is 0. The number of benzene rings is 1. The molecule has 1 aromatic carbocycles. The summed E-state index contributed by atoms with van der Waals surface area (Å²) in [6, 6.07) is 10.2. The van der Waals surface area contributed by atoms with Crippen LogP contribution in [0.3, 0.4) is 0 Å². The van der Waals surface area contributed by atoms with E-state index in [1.807, 2.05) is 32.0 Å². The second-order valence-electron chi connectivity index (χ2n) is 6.49. The Morgan fingerprint density at radius 3 is 2.43 bits per heavy atom. The minimum absolute atomic E-state index is 0.313. The van der Waals surface area contributed by atoms with E-state index >= 15 is 0 Å². The quantitative estimate of drug-likeness (QED) is 0.909. The number of nitrogens with zero attached hydrogens (tertiary/aromatic N) is 3. The number of hydrogen-bond acceptors (Lipinski definition) is 5. The Bertz CT molecular complexity index is 679. The molecule has 122 valence electrons. The van der Waals surface area contributed by atoms with Gasteiger partial charge in [-0.05, 0) is 32.3 Å². The van der Waals surface area contributed by atoms with Crippen molar-refractivity contribution >= 4 is 11.8 Å². The molecule has 5 nitrogen and oxygen atoms in total. The lowest BCUT2D eigenvalue weighted by molar-refractivity contribution is 0.0164. The van der Waals surface area contributed by atoms with Gasteiger partial charge in [-0.15, -0.1) is 0 Å². The van der Waals surface area contributed by atoms with Gasteiger partial charge in [-0.3, -0.25) is 0 Å². The first-order chi connectivity index (χ1) is 11.0. The molecule has 2 aromatic rings. The predicted molar refractivity (Wildman–Crippen MR) is 92.5 cm³/mol. The van der Waals surface area contributed by atoms with Crippen molar-refractivity contribution in [2.45, 2.75) is 38.7 Å². The van der Waals surface area contributed by atoms with Crippen LogP contribution in [0.2, 0.25) is 0 Å². The van der Waals surface area contributed by atoms with E-state index in [9.17, 15) is 5.11 Å². The number of aliphatic hydroxyl groups is 1. The summed E-state index contributed by atoms with van der Waals surface area (Å²) in [5.41, 5.74) is 8.31. The number of piperidine rings is 1. The van der Waals surface area contributed by atoms with E-state index in [-0.39, 0.29) is 0 Å². The number of hydrogen-bond donors (Lipinski definition) is 2. The summed E-state index contributed by atoms with van der Waals surface area (Å²) in [5.74, 6) is 1.21. The molecule has 1 aromatic heterocycles. The largest absolute Gasteiger partial charge is 0.389 e. The van der Waals surface area contributed by atoms with Gasteiger partial charge < -0.3 is 15.7 Å². The van der Waals surface area contributed by atoms with Crippen LogP contribution in [0.4, 0.5) is 11.8 Å². The van der Waals surface area contributed by atoms with Gasteiger partial charge in [0.1, 0.15) is 5.82 Å².